The molecule has 9 heteroatoms. The average molecular weight is 436 g/mol. The number of fused-ring (bicyclic) bond motifs is 1. The first-order valence-electron chi connectivity index (χ1n) is 9.37. The molecule has 0 bridgehead atoms. The maximum absolute atomic E-state index is 13.2. The van der Waals surface area contributed by atoms with Crippen molar-refractivity contribution in [2.24, 2.45) is 0 Å². The summed E-state index contributed by atoms with van der Waals surface area (Å²) in [5, 5.41) is 4.86. The summed E-state index contributed by atoms with van der Waals surface area (Å²) in [5.41, 5.74) is 0.694. The number of benzene rings is 2. The summed E-state index contributed by atoms with van der Waals surface area (Å²) in [4.78, 5) is 42.8. The first kappa shape index (κ1) is 20.4. The quantitative estimate of drug-likeness (QED) is 0.486. The Hall–Kier alpha value is -3.85. The van der Waals surface area contributed by atoms with Crippen LogP contribution in [0.3, 0.4) is 0 Å². The van der Waals surface area contributed by atoms with E-state index in [1.165, 1.54) is 40.1 Å². The summed E-state index contributed by atoms with van der Waals surface area (Å²) < 4.78 is 14.5. The zero-order valence-corrected chi connectivity index (χ0v) is 17.0. The molecule has 7 nitrogen and oxygen atoms in total. The minimum atomic E-state index is -0.711. The van der Waals surface area contributed by atoms with Crippen LogP contribution in [0.2, 0.25) is 0 Å². The highest BCUT2D eigenvalue weighted by atomic mass is 32.1. The number of aromatic nitrogens is 2. The van der Waals surface area contributed by atoms with Crippen LogP contribution < -0.4 is 16.2 Å². The standard InChI is InChI=1S/C22H17FN4O3S/c23-15-7-4-8-16(10-15)26-19(28)12-24-20(29)18-11-25-22-27(21(18)30)13-17(31-22)9-14-5-2-1-3-6-14/h1-8,10-11,13H,9,12H2,(H,24,29)(H,26,28). The van der Waals surface area contributed by atoms with Crippen molar-refractivity contribution in [2.75, 3.05) is 11.9 Å². The summed E-state index contributed by atoms with van der Waals surface area (Å²) in [6.07, 6.45) is 3.53. The Morgan fingerprint density at radius 1 is 1.10 bits per heavy atom. The molecule has 4 rings (SSSR count). The molecule has 2 heterocycles. The molecular weight excluding hydrogens is 419 g/mol. The number of halogens is 1. The van der Waals surface area contributed by atoms with Gasteiger partial charge in [0.25, 0.3) is 11.5 Å². The fraction of sp³-hybridized carbons (Fsp3) is 0.0909. The number of rotatable bonds is 6. The molecule has 0 spiro atoms. The van der Waals surface area contributed by atoms with E-state index in [1.807, 2.05) is 30.3 Å². The number of amides is 2. The molecule has 0 unspecified atom stereocenters. The van der Waals surface area contributed by atoms with E-state index in [9.17, 15) is 18.8 Å². The molecule has 0 saturated carbocycles. The molecule has 31 heavy (non-hydrogen) atoms. The van der Waals surface area contributed by atoms with Crippen LogP contribution in [0.5, 0.6) is 0 Å². The maximum atomic E-state index is 13.2. The Labute approximate surface area is 180 Å². The number of nitrogens with one attached hydrogen (secondary N) is 2. The maximum Gasteiger partial charge on any atom is 0.271 e. The molecule has 0 aliphatic carbocycles. The molecule has 0 radical (unpaired) electrons. The van der Waals surface area contributed by atoms with E-state index in [2.05, 4.69) is 15.6 Å². The van der Waals surface area contributed by atoms with Gasteiger partial charge >= 0.3 is 0 Å². The van der Waals surface area contributed by atoms with Crippen LogP contribution in [0.25, 0.3) is 4.96 Å². The van der Waals surface area contributed by atoms with E-state index in [0.717, 1.165) is 16.5 Å². The largest absolute Gasteiger partial charge is 0.343 e. The minimum absolute atomic E-state index is 0.167. The Morgan fingerprint density at radius 2 is 1.90 bits per heavy atom. The van der Waals surface area contributed by atoms with Gasteiger partial charge in [0.2, 0.25) is 5.91 Å². The molecule has 2 aromatic heterocycles. The number of hydrogen-bond donors (Lipinski definition) is 2. The monoisotopic (exact) mass is 436 g/mol. The highest BCUT2D eigenvalue weighted by Gasteiger charge is 2.16. The van der Waals surface area contributed by atoms with Gasteiger partial charge in [0.05, 0.1) is 6.54 Å². The number of hydrogen-bond acceptors (Lipinski definition) is 5. The van der Waals surface area contributed by atoms with E-state index in [-0.39, 0.29) is 17.8 Å². The number of thiazole rings is 1. The van der Waals surface area contributed by atoms with Crippen molar-refractivity contribution in [3.8, 4) is 0 Å². The summed E-state index contributed by atoms with van der Waals surface area (Å²) >= 11 is 1.37. The summed E-state index contributed by atoms with van der Waals surface area (Å²) in [6.45, 7) is -0.375. The van der Waals surface area contributed by atoms with Crippen LogP contribution in [-0.2, 0) is 11.2 Å². The van der Waals surface area contributed by atoms with E-state index in [1.54, 1.807) is 6.20 Å². The van der Waals surface area contributed by atoms with Gasteiger partial charge in [0, 0.05) is 29.4 Å². The van der Waals surface area contributed by atoms with Crippen molar-refractivity contribution in [1.82, 2.24) is 14.7 Å². The van der Waals surface area contributed by atoms with Crippen molar-refractivity contribution in [2.45, 2.75) is 6.42 Å². The molecule has 0 atom stereocenters. The lowest BCUT2D eigenvalue weighted by Crippen LogP contribution is -2.36. The van der Waals surface area contributed by atoms with Gasteiger partial charge < -0.3 is 10.6 Å². The average Bonchev–Trinajstić information content (AvgIpc) is 3.16. The lowest BCUT2D eigenvalue weighted by Gasteiger charge is -2.07. The Morgan fingerprint density at radius 3 is 2.68 bits per heavy atom. The molecule has 0 saturated heterocycles. The van der Waals surface area contributed by atoms with Gasteiger partial charge in [0.1, 0.15) is 11.4 Å². The van der Waals surface area contributed by atoms with Gasteiger partial charge in [-0.3, -0.25) is 18.8 Å². The Balaban J connectivity index is 1.44. The third-order valence-corrected chi connectivity index (χ3v) is 5.44. The van der Waals surface area contributed by atoms with Crippen LogP contribution in [0, 0.1) is 5.82 Å². The molecule has 0 aliphatic rings. The molecule has 0 aliphatic heterocycles. The van der Waals surface area contributed by atoms with Gasteiger partial charge in [-0.15, -0.1) is 11.3 Å². The first-order valence-corrected chi connectivity index (χ1v) is 10.2. The first-order chi connectivity index (χ1) is 15.0. The molecule has 2 aromatic carbocycles. The van der Waals surface area contributed by atoms with Crippen molar-refractivity contribution >= 4 is 33.8 Å². The highest BCUT2D eigenvalue weighted by molar-refractivity contribution is 7.17. The van der Waals surface area contributed by atoms with E-state index < -0.39 is 23.2 Å². The summed E-state index contributed by atoms with van der Waals surface area (Å²) in [7, 11) is 0. The lowest BCUT2D eigenvalue weighted by atomic mass is 10.1. The second-order valence-corrected chi connectivity index (χ2v) is 7.82. The SMILES string of the molecule is O=C(CNC(=O)c1cnc2sc(Cc3ccccc3)cn2c1=O)Nc1cccc(F)c1. The van der Waals surface area contributed by atoms with E-state index in [4.69, 9.17) is 0 Å². The fourth-order valence-electron chi connectivity index (χ4n) is 2.99. The fourth-order valence-corrected chi connectivity index (χ4v) is 3.96. The molecule has 2 amide bonds. The van der Waals surface area contributed by atoms with Crippen molar-refractivity contribution < 1.29 is 14.0 Å². The van der Waals surface area contributed by atoms with Gasteiger partial charge in [-0.1, -0.05) is 36.4 Å². The summed E-state index contributed by atoms with van der Waals surface area (Å²) in [5.74, 6) is -1.75. The van der Waals surface area contributed by atoms with Gasteiger partial charge in [-0.2, -0.15) is 0 Å². The van der Waals surface area contributed by atoms with E-state index >= 15 is 0 Å². The third kappa shape index (κ3) is 4.84. The molecule has 0 fully saturated rings. The number of nitrogens with zero attached hydrogens (tertiary/aromatic N) is 2. The second kappa shape index (κ2) is 8.88. The zero-order valence-electron chi connectivity index (χ0n) is 16.2. The van der Waals surface area contributed by atoms with Crippen LogP contribution in [-0.4, -0.2) is 27.7 Å². The van der Waals surface area contributed by atoms with Gasteiger partial charge in [-0.25, -0.2) is 9.37 Å². The number of carbonyl (C=O) groups is 2. The van der Waals surface area contributed by atoms with Crippen molar-refractivity contribution in [3.63, 3.8) is 0 Å². The van der Waals surface area contributed by atoms with E-state index in [0.29, 0.717) is 11.4 Å². The predicted octanol–water partition coefficient (Wildman–Crippen LogP) is 2.85. The number of anilines is 1. The molecular formula is C22H17FN4O3S. The van der Waals surface area contributed by atoms with Crippen molar-refractivity contribution in [1.29, 1.82) is 0 Å². The lowest BCUT2D eigenvalue weighted by molar-refractivity contribution is -0.115. The molecule has 4 aromatic rings. The second-order valence-electron chi connectivity index (χ2n) is 6.73. The third-order valence-electron chi connectivity index (χ3n) is 4.44. The predicted molar refractivity (Wildman–Crippen MR) is 116 cm³/mol. The summed E-state index contributed by atoms with van der Waals surface area (Å²) in [6, 6.07) is 15.2. The number of carbonyl (C=O) groups excluding carboxylic acids is 2. The zero-order chi connectivity index (χ0) is 21.8. The van der Waals surface area contributed by atoms with Crippen LogP contribution in [0.4, 0.5) is 10.1 Å². The minimum Gasteiger partial charge on any atom is -0.343 e. The van der Waals surface area contributed by atoms with Gasteiger partial charge in [-0.05, 0) is 23.8 Å². The van der Waals surface area contributed by atoms with Gasteiger partial charge in [0.15, 0.2) is 4.96 Å². The highest BCUT2D eigenvalue weighted by Crippen LogP contribution is 2.18. The topological polar surface area (TPSA) is 92.6 Å². The normalized spacial score (nSPS) is 10.7. The molecule has 156 valence electrons. The Kier molecular flexibility index (Phi) is 5.85. The van der Waals surface area contributed by atoms with Crippen molar-refractivity contribution in [3.05, 3.63) is 99.2 Å². The Bertz CT molecular complexity index is 1320. The van der Waals surface area contributed by atoms with Crippen LogP contribution >= 0.6 is 11.3 Å². The van der Waals surface area contributed by atoms with Crippen LogP contribution in [0.1, 0.15) is 20.8 Å². The van der Waals surface area contributed by atoms with Crippen LogP contribution in [0.15, 0.2) is 71.8 Å². The molecule has 2 N–H and O–H groups in total. The smallest absolute Gasteiger partial charge is 0.271 e.